The Bertz CT molecular complexity index is 308. The molecule has 0 aliphatic carbocycles. The van der Waals surface area contributed by atoms with Crippen molar-refractivity contribution < 1.29 is 4.79 Å². The van der Waals surface area contributed by atoms with Crippen molar-refractivity contribution in [3.8, 4) is 0 Å². The molecule has 0 aliphatic heterocycles. The van der Waals surface area contributed by atoms with Gasteiger partial charge in [0, 0.05) is 12.5 Å². The van der Waals surface area contributed by atoms with Crippen LogP contribution in [-0.4, -0.2) is 12.5 Å². The fourth-order valence-corrected chi connectivity index (χ4v) is 1.62. The summed E-state index contributed by atoms with van der Waals surface area (Å²) < 4.78 is 0. The molecule has 0 heterocycles. The van der Waals surface area contributed by atoms with Crippen LogP contribution >= 0.6 is 0 Å². The van der Waals surface area contributed by atoms with Crippen molar-refractivity contribution >= 4 is 5.91 Å². The van der Waals surface area contributed by atoms with Gasteiger partial charge >= 0.3 is 0 Å². The van der Waals surface area contributed by atoms with Gasteiger partial charge in [0.25, 0.3) is 0 Å². The normalized spacial score (nSPS) is 12.1. The third kappa shape index (κ3) is 4.47. The standard InChI is InChI=1S/C14H21NO/c1-3-4-10-15-14(16)12(2)11-13-8-6-5-7-9-13/h5-9,12H,3-4,10-11H2,1-2H3,(H,15,16)/t12-/m0/s1. The van der Waals surface area contributed by atoms with Crippen LogP contribution < -0.4 is 5.32 Å². The van der Waals surface area contributed by atoms with Gasteiger partial charge in [-0.1, -0.05) is 50.6 Å². The van der Waals surface area contributed by atoms with E-state index in [2.05, 4.69) is 24.4 Å². The molecule has 2 heteroatoms. The van der Waals surface area contributed by atoms with Crippen LogP contribution in [0.3, 0.4) is 0 Å². The second-order valence-electron chi connectivity index (χ2n) is 4.24. The topological polar surface area (TPSA) is 29.1 Å². The van der Waals surface area contributed by atoms with E-state index in [-0.39, 0.29) is 11.8 Å². The van der Waals surface area contributed by atoms with Gasteiger partial charge in [-0.2, -0.15) is 0 Å². The number of carbonyl (C=O) groups is 1. The van der Waals surface area contributed by atoms with E-state index in [9.17, 15) is 4.79 Å². The molecule has 0 bridgehead atoms. The number of hydrogen-bond donors (Lipinski definition) is 1. The fourth-order valence-electron chi connectivity index (χ4n) is 1.62. The lowest BCUT2D eigenvalue weighted by atomic mass is 10.0. The Balaban J connectivity index is 2.34. The van der Waals surface area contributed by atoms with E-state index in [1.54, 1.807) is 0 Å². The molecule has 0 radical (unpaired) electrons. The second kappa shape index (κ2) is 7.04. The number of benzene rings is 1. The first-order valence-corrected chi connectivity index (χ1v) is 6.05. The van der Waals surface area contributed by atoms with E-state index in [1.807, 2.05) is 25.1 Å². The van der Waals surface area contributed by atoms with Crippen LogP contribution in [0.15, 0.2) is 30.3 Å². The van der Waals surface area contributed by atoms with Crippen molar-refractivity contribution in [2.24, 2.45) is 5.92 Å². The maximum atomic E-state index is 11.7. The van der Waals surface area contributed by atoms with E-state index in [0.717, 1.165) is 25.8 Å². The summed E-state index contributed by atoms with van der Waals surface area (Å²) >= 11 is 0. The third-order valence-electron chi connectivity index (χ3n) is 2.66. The zero-order chi connectivity index (χ0) is 11.8. The Hall–Kier alpha value is -1.31. The van der Waals surface area contributed by atoms with Crippen LogP contribution in [-0.2, 0) is 11.2 Å². The van der Waals surface area contributed by atoms with Gasteiger partial charge in [0.05, 0.1) is 0 Å². The van der Waals surface area contributed by atoms with Crippen molar-refractivity contribution in [1.29, 1.82) is 0 Å². The minimum absolute atomic E-state index is 0.0549. The van der Waals surface area contributed by atoms with Crippen molar-refractivity contribution in [1.82, 2.24) is 5.32 Å². The van der Waals surface area contributed by atoms with Crippen LogP contribution in [0.4, 0.5) is 0 Å². The molecule has 0 fully saturated rings. The number of rotatable bonds is 6. The predicted octanol–water partition coefficient (Wildman–Crippen LogP) is 2.78. The molecule has 0 saturated heterocycles. The predicted molar refractivity (Wildman–Crippen MR) is 67.2 cm³/mol. The van der Waals surface area contributed by atoms with Gasteiger partial charge in [0.15, 0.2) is 0 Å². The highest BCUT2D eigenvalue weighted by Gasteiger charge is 2.12. The molecule has 0 aliphatic rings. The zero-order valence-corrected chi connectivity index (χ0v) is 10.2. The Labute approximate surface area is 98.1 Å². The van der Waals surface area contributed by atoms with Gasteiger partial charge in [-0.3, -0.25) is 4.79 Å². The van der Waals surface area contributed by atoms with Gasteiger partial charge in [0.2, 0.25) is 5.91 Å². The van der Waals surface area contributed by atoms with Crippen molar-refractivity contribution in [2.75, 3.05) is 6.54 Å². The summed E-state index contributed by atoms with van der Waals surface area (Å²) in [6.07, 6.45) is 3.00. The Morgan fingerprint density at radius 2 is 2.00 bits per heavy atom. The van der Waals surface area contributed by atoms with Gasteiger partial charge < -0.3 is 5.32 Å². The largest absolute Gasteiger partial charge is 0.356 e. The average molecular weight is 219 g/mol. The molecule has 1 amide bonds. The minimum Gasteiger partial charge on any atom is -0.356 e. The van der Waals surface area contributed by atoms with Crippen molar-refractivity contribution in [2.45, 2.75) is 33.1 Å². The van der Waals surface area contributed by atoms with Crippen LogP contribution in [0, 0.1) is 5.92 Å². The Kier molecular flexibility index (Phi) is 5.62. The maximum Gasteiger partial charge on any atom is 0.223 e. The molecule has 1 aromatic carbocycles. The number of unbranched alkanes of at least 4 members (excludes halogenated alkanes) is 1. The van der Waals surface area contributed by atoms with E-state index in [1.165, 1.54) is 5.56 Å². The minimum atomic E-state index is 0.0549. The summed E-state index contributed by atoms with van der Waals surface area (Å²) in [6.45, 7) is 4.91. The van der Waals surface area contributed by atoms with E-state index >= 15 is 0 Å². The third-order valence-corrected chi connectivity index (χ3v) is 2.66. The number of amides is 1. The molecule has 1 N–H and O–H groups in total. The smallest absolute Gasteiger partial charge is 0.223 e. The zero-order valence-electron chi connectivity index (χ0n) is 10.2. The SMILES string of the molecule is CCCCNC(=O)[C@@H](C)Cc1ccccc1. The first-order valence-electron chi connectivity index (χ1n) is 6.05. The summed E-state index contributed by atoms with van der Waals surface area (Å²) in [5.41, 5.74) is 1.22. The van der Waals surface area contributed by atoms with E-state index in [4.69, 9.17) is 0 Å². The van der Waals surface area contributed by atoms with Crippen LogP contribution in [0.5, 0.6) is 0 Å². The highest BCUT2D eigenvalue weighted by atomic mass is 16.1. The molecule has 0 saturated carbocycles. The molecule has 2 nitrogen and oxygen atoms in total. The molecule has 1 aromatic rings. The van der Waals surface area contributed by atoms with Gasteiger partial charge in [-0.05, 0) is 18.4 Å². The lowest BCUT2D eigenvalue weighted by Crippen LogP contribution is -2.30. The van der Waals surface area contributed by atoms with E-state index in [0.29, 0.717) is 0 Å². The van der Waals surface area contributed by atoms with Crippen LogP contribution in [0.2, 0.25) is 0 Å². The van der Waals surface area contributed by atoms with Crippen LogP contribution in [0.1, 0.15) is 32.3 Å². The first-order chi connectivity index (χ1) is 7.74. The molecule has 0 aromatic heterocycles. The van der Waals surface area contributed by atoms with Crippen LogP contribution in [0.25, 0.3) is 0 Å². The van der Waals surface area contributed by atoms with Gasteiger partial charge in [-0.25, -0.2) is 0 Å². The van der Waals surface area contributed by atoms with Crippen molar-refractivity contribution in [3.05, 3.63) is 35.9 Å². The summed E-state index contributed by atoms with van der Waals surface area (Å²) in [5.74, 6) is 0.219. The second-order valence-corrected chi connectivity index (χ2v) is 4.24. The average Bonchev–Trinajstić information content (AvgIpc) is 2.30. The molecular formula is C14H21NO. The molecular weight excluding hydrogens is 198 g/mol. The first kappa shape index (κ1) is 12.8. The molecule has 0 unspecified atom stereocenters. The molecule has 1 rings (SSSR count). The van der Waals surface area contributed by atoms with Gasteiger partial charge in [-0.15, -0.1) is 0 Å². The fraction of sp³-hybridized carbons (Fsp3) is 0.500. The number of carbonyl (C=O) groups excluding carboxylic acids is 1. The number of nitrogens with one attached hydrogen (secondary N) is 1. The highest BCUT2D eigenvalue weighted by molar-refractivity contribution is 5.78. The summed E-state index contributed by atoms with van der Waals surface area (Å²) in [6, 6.07) is 10.1. The highest BCUT2D eigenvalue weighted by Crippen LogP contribution is 2.08. The Morgan fingerprint density at radius 3 is 2.62 bits per heavy atom. The lowest BCUT2D eigenvalue weighted by molar-refractivity contribution is -0.124. The maximum absolute atomic E-state index is 11.7. The number of hydrogen-bond acceptors (Lipinski definition) is 1. The Morgan fingerprint density at radius 1 is 1.31 bits per heavy atom. The summed E-state index contributed by atoms with van der Waals surface area (Å²) in [7, 11) is 0. The van der Waals surface area contributed by atoms with Crippen molar-refractivity contribution in [3.63, 3.8) is 0 Å². The monoisotopic (exact) mass is 219 g/mol. The molecule has 1 atom stereocenters. The molecule has 16 heavy (non-hydrogen) atoms. The quantitative estimate of drug-likeness (QED) is 0.732. The van der Waals surface area contributed by atoms with Gasteiger partial charge in [0.1, 0.15) is 0 Å². The summed E-state index contributed by atoms with van der Waals surface area (Å²) in [4.78, 5) is 11.7. The van der Waals surface area contributed by atoms with E-state index < -0.39 is 0 Å². The molecule has 0 spiro atoms. The summed E-state index contributed by atoms with van der Waals surface area (Å²) in [5, 5.41) is 2.96. The molecule has 88 valence electrons. The lowest BCUT2D eigenvalue weighted by Gasteiger charge is -2.11.